The van der Waals surface area contributed by atoms with Gasteiger partial charge in [-0.1, -0.05) is 0 Å². The van der Waals surface area contributed by atoms with Gasteiger partial charge in [-0.25, -0.2) is 15.0 Å². The van der Waals surface area contributed by atoms with E-state index in [0.29, 0.717) is 36.8 Å². The molecule has 1 aliphatic carbocycles. The Labute approximate surface area is 188 Å². The molecule has 0 radical (unpaired) electrons. The van der Waals surface area contributed by atoms with Crippen LogP contribution in [-0.2, 0) is 23.9 Å². The molecule has 4 rings (SSSR count). The van der Waals surface area contributed by atoms with E-state index >= 15 is 0 Å². The standard InChI is InChI=1S/C22H23F3N6O2/c1-13(30-26)18(29-17-4-5-19(27-10-17)22(23,24)25)12-33-20-8-15-6-7-31(11-16(15)9-28-20)21(32)14-2-3-14/h4-5,8-10,14H,2-3,6-7,11-12,26H2,1H3. The molecule has 0 aromatic carbocycles. The number of aromatic nitrogens is 2. The van der Waals surface area contributed by atoms with Crippen LogP contribution in [0.1, 0.15) is 36.6 Å². The maximum atomic E-state index is 12.7. The molecule has 33 heavy (non-hydrogen) atoms. The highest BCUT2D eigenvalue weighted by Crippen LogP contribution is 2.33. The lowest BCUT2D eigenvalue weighted by atomic mass is 10.0. The highest BCUT2D eigenvalue weighted by molar-refractivity contribution is 6.42. The zero-order valence-electron chi connectivity index (χ0n) is 18.0. The lowest BCUT2D eigenvalue weighted by molar-refractivity contribution is -0.141. The van der Waals surface area contributed by atoms with Gasteiger partial charge < -0.3 is 15.5 Å². The van der Waals surface area contributed by atoms with E-state index in [-0.39, 0.29) is 24.1 Å². The second-order valence-electron chi connectivity index (χ2n) is 8.04. The lowest BCUT2D eigenvalue weighted by Gasteiger charge is -2.29. The van der Waals surface area contributed by atoms with E-state index in [2.05, 4.69) is 20.1 Å². The molecule has 0 bridgehead atoms. The summed E-state index contributed by atoms with van der Waals surface area (Å²) in [6.45, 7) is 2.79. The Morgan fingerprint density at radius 1 is 1.24 bits per heavy atom. The molecule has 2 aliphatic rings. The Hall–Kier alpha value is -3.50. The number of halogens is 3. The van der Waals surface area contributed by atoms with Crippen molar-refractivity contribution in [2.75, 3.05) is 13.2 Å². The summed E-state index contributed by atoms with van der Waals surface area (Å²) in [7, 11) is 0. The van der Waals surface area contributed by atoms with Gasteiger partial charge in [0.1, 0.15) is 18.0 Å². The Morgan fingerprint density at radius 3 is 2.67 bits per heavy atom. The lowest BCUT2D eigenvalue weighted by Crippen LogP contribution is -2.37. The van der Waals surface area contributed by atoms with E-state index in [1.54, 1.807) is 13.1 Å². The number of nitrogens with zero attached hydrogens (tertiary/aromatic N) is 5. The number of hydrazone groups is 1. The molecule has 2 aromatic rings. The number of nitrogens with two attached hydrogens (primary N) is 1. The number of pyridine rings is 2. The molecule has 1 fully saturated rings. The molecule has 174 valence electrons. The van der Waals surface area contributed by atoms with Gasteiger partial charge in [0.15, 0.2) is 0 Å². The summed E-state index contributed by atoms with van der Waals surface area (Å²) in [5, 5.41) is 3.62. The smallest absolute Gasteiger partial charge is 0.433 e. The van der Waals surface area contributed by atoms with Gasteiger partial charge in [0.05, 0.1) is 17.6 Å². The number of rotatable bonds is 6. The minimum Gasteiger partial charge on any atom is -0.471 e. The normalized spacial score (nSPS) is 17.0. The second-order valence-corrected chi connectivity index (χ2v) is 8.04. The summed E-state index contributed by atoms with van der Waals surface area (Å²) >= 11 is 0. The first kappa shape index (κ1) is 22.7. The molecular weight excluding hydrogens is 437 g/mol. The number of hydrogen-bond acceptors (Lipinski definition) is 7. The molecule has 0 saturated heterocycles. The Kier molecular flexibility index (Phi) is 6.30. The van der Waals surface area contributed by atoms with Crippen molar-refractivity contribution in [1.29, 1.82) is 0 Å². The van der Waals surface area contributed by atoms with Crippen LogP contribution >= 0.6 is 0 Å². The highest BCUT2D eigenvalue weighted by Gasteiger charge is 2.35. The fourth-order valence-corrected chi connectivity index (χ4v) is 3.48. The van der Waals surface area contributed by atoms with Gasteiger partial charge in [-0.2, -0.15) is 18.3 Å². The Morgan fingerprint density at radius 2 is 2.03 bits per heavy atom. The maximum Gasteiger partial charge on any atom is 0.433 e. The van der Waals surface area contributed by atoms with Crippen molar-refractivity contribution < 1.29 is 22.7 Å². The molecule has 1 amide bonds. The van der Waals surface area contributed by atoms with E-state index in [1.807, 2.05) is 11.0 Å². The van der Waals surface area contributed by atoms with Crippen LogP contribution in [0.3, 0.4) is 0 Å². The fraction of sp³-hybridized carbons (Fsp3) is 0.409. The predicted molar refractivity (Wildman–Crippen MR) is 115 cm³/mol. The summed E-state index contributed by atoms with van der Waals surface area (Å²) in [5.41, 5.74) is 1.96. The van der Waals surface area contributed by atoms with Crippen LogP contribution in [0, 0.1) is 5.92 Å². The van der Waals surface area contributed by atoms with E-state index in [1.165, 1.54) is 6.07 Å². The van der Waals surface area contributed by atoms with E-state index < -0.39 is 11.9 Å². The van der Waals surface area contributed by atoms with Crippen LogP contribution in [0.15, 0.2) is 40.7 Å². The van der Waals surface area contributed by atoms with Crippen LogP contribution in [0.25, 0.3) is 0 Å². The Bertz CT molecular complexity index is 1090. The van der Waals surface area contributed by atoms with Gasteiger partial charge in [-0.05, 0) is 49.4 Å². The molecule has 0 atom stereocenters. The number of aliphatic imine (C=N–C) groups is 1. The number of amides is 1. The number of carbonyl (C=O) groups excluding carboxylic acids is 1. The summed E-state index contributed by atoms with van der Waals surface area (Å²) in [6, 6.07) is 3.90. The average molecular weight is 460 g/mol. The molecule has 11 heteroatoms. The van der Waals surface area contributed by atoms with Crippen LogP contribution in [0.5, 0.6) is 5.88 Å². The van der Waals surface area contributed by atoms with E-state index in [4.69, 9.17) is 10.6 Å². The second kappa shape index (κ2) is 9.16. The van der Waals surface area contributed by atoms with Crippen molar-refractivity contribution in [3.63, 3.8) is 0 Å². The number of carbonyl (C=O) groups is 1. The molecule has 8 nitrogen and oxygen atoms in total. The summed E-state index contributed by atoms with van der Waals surface area (Å²) in [6.07, 6.45) is 0.879. The molecular formula is C22H23F3N6O2. The topological polar surface area (TPSA) is 106 Å². The van der Waals surface area contributed by atoms with Crippen molar-refractivity contribution in [3.8, 4) is 5.88 Å². The van der Waals surface area contributed by atoms with Gasteiger partial charge in [0, 0.05) is 31.3 Å². The molecule has 1 saturated carbocycles. The van der Waals surface area contributed by atoms with E-state index in [9.17, 15) is 18.0 Å². The third-order valence-electron chi connectivity index (χ3n) is 5.58. The first-order valence-electron chi connectivity index (χ1n) is 10.5. The van der Waals surface area contributed by atoms with Crippen molar-refractivity contribution in [2.24, 2.45) is 21.9 Å². The third kappa shape index (κ3) is 5.47. The molecule has 2 aromatic heterocycles. The summed E-state index contributed by atoms with van der Waals surface area (Å²) in [4.78, 5) is 26.2. The first-order valence-corrected chi connectivity index (χ1v) is 10.5. The third-order valence-corrected chi connectivity index (χ3v) is 5.58. The molecule has 0 spiro atoms. The molecule has 2 N–H and O–H groups in total. The van der Waals surface area contributed by atoms with Gasteiger partial charge in [0.2, 0.25) is 11.8 Å². The van der Waals surface area contributed by atoms with Crippen LogP contribution < -0.4 is 10.6 Å². The van der Waals surface area contributed by atoms with Gasteiger partial charge in [0.25, 0.3) is 0 Å². The van der Waals surface area contributed by atoms with Gasteiger partial charge in [-0.3, -0.25) is 4.79 Å². The van der Waals surface area contributed by atoms with Crippen molar-refractivity contribution in [1.82, 2.24) is 14.9 Å². The zero-order valence-corrected chi connectivity index (χ0v) is 18.0. The van der Waals surface area contributed by atoms with Crippen LogP contribution in [0.4, 0.5) is 18.9 Å². The van der Waals surface area contributed by atoms with Gasteiger partial charge in [-0.15, -0.1) is 0 Å². The predicted octanol–water partition coefficient (Wildman–Crippen LogP) is 3.28. The quantitative estimate of drug-likeness (QED) is 0.405. The largest absolute Gasteiger partial charge is 0.471 e. The number of alkyl halides is 3. The number of ether oxygens (including phenoxy) is 1. The zero-order chi connectivity index (χ0) is 23.6. The van der Waals surface area contributed by atoms with Crippen molar-refractivity contribution in [2.45, 2.75) is 38.9 Å². The van der Waals surface area contributed by atoms with E-state index in [0.717, 1.165) is 36.2 Å². The highest BCUT2D eigenvalue weighted by atomic mass is 19.4. The average Bonchev–Trinajstić information content (AvgIpc) is 3.65. The number of hydrogen-bond donors (Lipinski definition) is 1. The monoisotopic (exact) mass is 460 g/mol. The van der Waals surface area contributed by atoms with Crippen molar-refractivity contribution >= 4 is 23.0 Å². The minimum atomic E-state index is -4.52. The van der Waals surface area contributed by atoms with Crippen molar-refractivity contribution in [3.05, 3.63) is 47.4 Å². The first-order chi connectivity index (χ1) is 15.7. The fourth-order valence-electron chi connectivity index (χ4n) is 3.48. The Balaban J connectivity index is 1.44. The van der Waals surface area contributed by atoms with Crippen LogP contribution in [0.2, 0.25) is 0 Å². The van der Waals surface area contributed by atoms with Crippen LogP contribution in [-0.4, -0.2) is 45.4 Å². The summed E-state index contributed by atoms with van der Waals surface area (Å²) < 4.78 is 43.9. The molecule has 1 aliphatic heterocycles. The summed E-state index contributed by atoms with van der Waals surface area (Å²) in [5.74, 6) is 6.15. The number of fused-ring (bicyclic) bond motifs is 1. The maximum absolute atomic E-state index is 12.7. The van der Waals surface area contributed by atoms with Gasteiger partial charge >= 0.3 is 6.18 Å². The molecule has 3 heterocycles. The SMILES string of the molecule is CC(=NN)C(COc1cc2c(cn1)CN(C(=O)C1CC1)CC2)=Nc1ccc(C(F)(F)F)nc1. The minimum absolute atomic E-state index is 0.0361. The molecule has 0 unspecified atom stereocenters.